The van der Waals surface area contributed by atoms with E-state index in [1.807, 2.05) is 0 Å². The molecule has 0 N–H and O–H groups in total. The molecular weight excluding hydrogens is 326 g/mol. The van der Waals surface area contributed by atoms with Gasteiger partial charge in [-0.1, -0.05) is 6.08 Å². The second kappa shape index (κ2) is 6.37. The average Bonchev–Trinajstić information content (AvgIpc) is 2.45. The van der Waals surface area contributed by atoms with Crippen LogP contribution in [0.2, 0.25) is 0 Å². The maximum Gasteiger partial charge on any atom is 0.281 e. The highest BCUT2D eigenvalue weighted by molar-refractivity contribution is 7.73. The minimum Gasteiger partial charge on any atom is -0.298 e. The zero-order valence-corrected chi connectivity index (χ0v) is 13.0. The summed E-state index contributed by atoms with van der Waals surface area (Å²) in [5.74, 6) is -3.70. The third kappa shape index (κ3) is 3.04. The molecule has 1 unspecified atom stereocenters. The van der Waals surface area contributed by atoms with Gasteiger partial charge in [0.2, 0.25) is 10.3 Å². The first kappa shape index (κ1) is 16.9. The smallest absolute Gasteiger partial charge is 0.281 e. The van der Waals surface area contributed by atoms with E-state index in [4.69, 9.17) is 0 Å². The van der Waals surface area contributed by atoms with Crippen molar-refractivity contribution in [1.29, 1.82) is 0 Å². The highest BCUT2D eigenvalue weighted by atomic mass is 32.2. The Morgan fingerprint density at radius 1 is 1.22 bits per heavy atom. The molecule has 2 rings (SSSR count). The van der Waals surface area contributed by atoms with Crippen LogP contribution in [0.3, 0.4) is 0 Å². The fourth-order valence-electron chi connectivity index (χ4n) is 2.76. The molecule has 1 saturated carbocycles. The third-order valence-electron chi connectivity index (χ3n) is 3.87. The molecule has 0 radical (unpaired) electrons. The van der Waals surface area contributed by atoms with Crippen molar-refractivity contribution in [3.05, 3.63) is 33.4 Å². The van der Waals surface area contributed by atoms with E-state index < -0.39 is 55.0 Å². The van der Waals surface area contributed by atoms with Gasteiger partial charge in [-0.25, -0.2) is 0 Å². The van der Waals surface area contributed by atoms with Crippen LogP contribution in [0.4, 0.5) is 0 Å². The lowest BCUT2D eigenvalue weighted by atomic mass is 9.78. The number of hydrogen-bond donors (Lipinski definition) is 0. The first-order valence-electron chi connectivity index (χ1n) is 6.83. The Morgan fingerprint density at radius 2 is 1.78 bits per heavy atom. The predicted molar refractivity (Wildman–Crippen MR) is 78.9 cm³/mol. The largest absolute Gasteiger partial charge is 0.298 e. The van der Waals surface area contributed by atoms with Crippen LogP contribution in [0.1, 0.15) is 26.2 Å². The van der Waals surface area contributed by atoms with Gasteiger partial charge in [-0.3, -0.25) is 24.5 Å². The molecule has 2 aliphatic carbocycles. The Labute approximate surface area is 132 Å². The molecule has 122 valence electrons. The summed E-state index contributed by atoms with van der Waals surface area (Å²) in [7, 11) is -2.90. The van der Waals surface area contributed by atoms with E-state index in [9.17, 15) is 32.9 Å². The molecule has 0 aliphatic heterocycles. The highest BCUT2D eigenvalue weighted by Gasteiger charge is 2.45. The Morgan fingerprint density at radius 3 is 2.26 bits per heavy atom. The molecule has 9 heteroatoms. The number of carbonyl (C=O) groups is 3. The van der Waals surface area contributed by atoms with Gasteiger partial charge in [-0.15, -0.1) is 0 Å². The van der Waals surface area contributed by atoms with Gasteiger partial charge >= 0.3 is 0 Å². The minimum atomic E-state index is -2.90. The number of rotatable bonds is 3. The quantitative estimate of drug-likeness (QED) is 0.308. The lowest BCUT2D eigenvalue weighted by Gasteiger charge is -2.22. The van der Waals surface area contributed by atoms with Crippen molar-refractivity contribution >= 4 is 32.5 Å². The molecule has 0 aromatic carbocycles. The Hall–Kier alpha value is -2.42. The van der Waals surface area contributed by atoms with Gasteiger partial charge in [0, 0.05) is 17.8 Å². The Kier molecular flexibility index (Phi) is 4.69. The molecule has 0 spiro atoms. The van der Waals surface area contributed by atoms with Crippen LogP contribution in [0.5, 0.6) is 0 Å². The maximum atomic E-state index is 12.5. The van der Waals surface area contributed by atoms with E-state index in [0.717, 1.165) is 6.08 Å². The lowest BCUT2D eigenvalue weighted by molar-refractivity contribution is -0.491. The molecule has 1 atom stereocenters. The van der Waals surface area contributed by atoms with E-state index in [1.165, 1.54) is 13.0 Å². The van der Waals surface area contributed by atoms with Gasteiger partial charge in [-0.05, 0) is 25.0 Å². The normalized spacial score (nSPS) is 22.5. The van der Waals surface area contributed by atoms with Gasteiger partial charge in [0.25, 0.3) is 6.04 Å². The van der Waals surface area contributed by atoms with Crippen LogP contribution in [-0.4, -0.2) is 41.6 Å². The van der Waals surface area contributed by atoms with Gasteiger partial charge in [0.1, 0.15) is 5.92 Å². The molecule has 0 saturated heterocycles. The summed E-state index contributed by atoms with van der Waals surface area (Å²) in [5.41, 5.74) is -0.314. The Balaban J connectivity index is 2.54. The summed E-state index contributed by atoms with van der Waals surface area (Å²) in [5, 5.41) is 11.3. The van der Waals surface area contributed by atoms with Crippen molar-refractivity contribution in [2.45, 2.75) is 32.2 Å². The number of Topliss-reactive ketones (excluding diaryl/α,β-unsaturated/α-hetero) is 3. The highest BCUT2D eigenvalue weighted by Crippen LogP contribution is 2.26. The minimum absolute atomic E-state index is 0.0531. The molecule has 23 heavy (non-hydrogen) atoms. The fourth-order valence-corrected chi connectivity index (χ4v) is 3.48. The fraction of sp³-hybridized carbons (Fsp3) is 0.429. The Bertz CT molecular complexity index is 792. The second-order valence-electron chi connectivity index (χ2n) is 5.34. The molecule has 0 heterocycles. The van der Waals surface area contributed by atoms with E-state index >= 15 is 0 Å². The summed E-state index contributed by atoms with van der Waals surface area (Å²) < 4.78 is 22.6. The molecule has 2 aliphatic rings. The summed E-state index contributed by atoms with van der Waals surface area (Å²) in [6, 6.07) is -1.90. The molecule has 0 aromatic rings. The number of carbonyl (C=O) groups excluding carboxylic acids is 3. The number of nitrogens with zero attached hydrogens (tertiary/aromatic N) is 1. The third-order valence-corrected chi connectivity index (χ3v) is 4.78. The van der Waals surface area contributed by atoms with Crippen molar-refractivity contribution in [3.8, 4) is 0 Å². The van der Waals surface area contributed by atoms with Gasteiger partial charge in [0.15, 0.2) is 22.2 Å². The first-order chi connectivity index (χ1) is 10.8. The summed E-state index contributed by atoms with van der Waals surface area (Å²) in [6.07, 6.45) is 2.84. The SMILES string of the molecule is CC1=CC=C(C(=O)C2C(=O)CCCC2=O)C([N+](=O)[O-])C1=S(=O)=O. The van der Waals surface area contributed by atoms with Crippen LogP contribution in [0.25, 0.3) is 0 Å². The van der Waals surface area contributed by atoms with Gasteiger partial charge < -0.3 is 0 Å². The van der Waals surface area contributed by atoms with E-state index in [2.05, 4.69) is 0 Å². The van der Waals surface area contributed by atoms with Crippen LogP contribution in [-0.2, 0) is 24.7 Å². The van der Waals surface area contributed by atoms with Crippen molar-refractivity contribution in [2.24, 2.45) is 5.92 Å². The zero-order valence-electron chi connectivity index (χ0n) is 12.1. The van der Waals surface area contributed by atoms with Crippen molar-refractivity contribution in [2.75, 3.05) is 0 Å². The van der Waals surface area contributed by atoms with Gasteiger partial charge in [-0.2, -0.15) is 8.42 Å². The van der Waals surface area contributed by atoms with Crippen molar-refractivity contribution < 1.29 is 27.7 Å². The summed E-state index contributed by atoms with van der Waals surface area (Å²) in [6.45, 7) is 1.37. The van der Waals surface area contributed by atoms with Crippen LogP contribution in [0.15, 0.2) is 23.3 Å². The van der Waals surface area contributed by atoms with Crippen LogP contribution in [0, 0.1) is 16.0 Å². The zero-order chi connectivity index (χ0) is 17.3. The van der Waals surface area contributed by atoms with E-state index in [0.29, 0.717) is 6.42 Å². The van der Waals surface area contributed by atoms with Gasteiger partial charge in [0.05, 0.1) is 5.57 Å². The van der Waals surface area contributed by atoms with Crippen LogP contribution >= 0.6 is 0 Å². The second-order valence-corrected chi connectivity index (χ2v) is 6.25. The molecule has 0 aromatic heterocycles. The summed E-state index contributed by atoms with van der Waals surface area (Å²) in [4.78, 5) is 46.1. The summed E-state index contributed by atoms with van der Waals surface area (Å²) >= 11 is 0. The standard InChI is InChI=1S/C14H13NO7S/c1-7-5-6-8(12(15(19)20)14(7)23(21)22)13(18)11-9(16)3-2-4-10(11)17/h5-6,11-12H,2-4H2,1H3. The predicted octanol–water partition coefficient (Wildman–Crippen LogP) is 0.0769. The average molecular weight is 339 g/mol. The molecule has 0 amide bonds. The molecule has 1 fully saturated rings. The van der Waals surface area contributed by atoms with E-state index in [-0.39, 0.29) is 18.4 Å². The number of ketones is 3. The first-order valence-corrected chi connectivity index (χ1v) is 7.91. The molecule has 8 nitrogen and oxygen atoms in total. The molecule has 0 bridgehead atoms. The van der Waals surface area contributed by atoms with Crippen molar-refractivity contribution in [1.82, 2.24) is 0 Å². The number of hydrogen-bond acceptors (Lipinski definition) is 7. The lowest BCUT2D eigenvalue weighted by Crippen LogP contribution is -2.43. The number of nitro groups is 1. The van der Waals surface area contributed by atoms with Crippen LogP contribution < -0.4 is 0 Å². The van der Waals surface area contributed by atoms with Crippen molar-refractivity contribution in [3.63, 3.8) is 0 Å². The maximum absolute atomic E-state index is 12.5. The topological polar surface area (TPSA) is 128 Å². The van der Waals surface area contributed by atoms with E-state index in [1.54, 1.807) is 0 Å². The molecular formula is C14H13NO7S. The number of allylic oxidation sites excluding steroid dienone is 2. The monoisotopic (exact) mass is 339 g/mol.